The summed E-state index contributed by atoms with van der Waals surface area (Å²) in [5.74, 6) is 0.399. The van der Waals surface area contributed by atoms with Crippen LogP contribution < -0.4 is 10.7 Å². The summed E-state index contributed by atoms with van der Waals surface area (Å²) in [7, 11) is 0. The predicted molar refractivity (Wildman–Crippen MR) is 135 cm³/mol. The van der Waals surface area contributed by atoms with Crippen LogP contribution in [-0.2, 0) is 6.54 Å². The van der Waals surface area contributed by atoms with Gasteiger partial charge in [0.15, 0.2) is 0 Å². The Hall–Kier alpha value is -2.53. The van der Waals surface area contributed by atoms with Crippen LogP contribution in [0.2, 0.25) is 0 Å². The van der Waals surface area contributed by atoms with Gasteiger partial charge >= 0.3 is 0 Å². The van der Waals surface area contributed by atoms with Gasteiger partial charge in [-0.1, -0.05) is 50.7 Å². The topological polar surface area (TPSA) is 51.1 Å². The lowest BCUT2D eigenvalue weighted by Crippen LogP contribution is -2.53. The third kappa shape index (κ3) is 3.71. The lowest BCUT2D eigenvalue weighted by atomic mass is 9.68. The second-order valence-corrected chi connectivity index (χ2v) is 11.7. The fourth-order valence-corrected chi connectivity index (χ4v) is 7.22. The van der Waals surface area contributed by atoms with E-state index in [-0.39, 0.29) is 33.8 Å². The third-order valence-corrected chi connectivity index (χ3v) is 9.16. The maximum absolute atomic E-state index is 13.4. The fraction of sp³-hybridized carbons (Fsp3) is 0.429. The Morgan fingerprint density at radius 1 is 1.12 bits per heavy atom. The molecule has 2 aliphatic rings. The Balaban J connectivity index is 1.49. The van der Waals surface area contributed by atoms with Gasteiger partial charge in [-0.3, -0.25) is 9.59 Å². The summed E-state index contributed by atoms with van der Waals surface area (Å²) in [4.78, 5) is 29.0. The zero-order chi connectivity index (χ0) is 23.4. The Labute approximate surface area is 199 Å². The van der Waals surface area contributed by atoms with Gasteiger partial charge < -0.3 is 9.88 Å². The third-order valence-electron chi connectivity index (χ3n) is 8.16. The van der Waals surface area contributed by atoms with Gasteiger partial charge in [-0.2, -0.15) is 0 Å². The van der Waals surface area contributed by atoms with Gasteiger partial charge in [0.05, 0.1) is 5.52 Å². The number of amides is 1. The van der Waals surface area contributed by atoms with Crippen LogP contribution in [0.15, 0.2) is 69.3 Å². The first-order valence-electron chi connectivity index (χ1n) is 11.9. The molecule has 4 nitrogen and oxygen atoms in total. The summed E-state index contributed by atoms with van der Waals surface area (Å²) in [6.45, 7) is 9.56. The molecule has 0 radical (unpaired) electrons. The number of pyridine rings is 1. The Bertz CT molecular complexity index is 1280. The first-order chi connectivity index (χ1) is 15.7. The van der Waals surface area contributed by atoms with Crippen molar-refractivity contribution >= 4 is 28.6 Å². The molecule has 2 aliphatic carbocycles. The van der Waals surface area contributed by atoms with Gasteiger partial charge in [0, 0.05) is 34.0 Å². The largest absolute Gasteiger partial charge is 0.348 e. The highest BCUT2D eigenvalue weighted by Crippen LogP contribution is 2.62. The van der Waals surface area contributed by atoms with Crippen LogP contribution in [0.3, 0.4) is 0 Å². The van der Waals surface area contributed by atoms with E-state index in [4.69, 9.17) is 0 Å². The molecule has 1 heterocycles. The van der Waals surface area contributed by atoms with Crippen molar-refractivity contribution in [3.05, 3.63) is 70.5 Å². The molecule has 1 amide bonds. The van der Waals surface area contributed by atoms with Crippen LogP contribution in [0.5, 0.6) is 0 Å². The summed E-state index contributed by atoms with van der Waals surface area (Å²) in [6, 6.07) is 16.2. The lowest BCUT2D eigenvalue weighted by Gasteiger charge is -2.43. The standard InChI is InChI=1S/C28H32N2O2S/c1-5-30-17-22(25(32)29-26-27(2,3)18-13-14-28(26,4)16-18)24(31)21-12-11-20(15-23(21)30)33-19-9-7-6-8-10-19/h6-12,15,17-18,26H,5,13-14,16H2,1-4H3,(H,29,32)/t18?,26-,28-/m1/s1. The van der Waals surface area contributed by atoms with Crippen molar-refractivity contribution in [2.24, 2.45) is 16.7 Å². The Kier molecular flexibility index (Phi) is 5.43. The maximum atomic E-state index is 13.4. The number of rotatable bonds is 5. The number of hydrogen-bond donors (Lipinski definition) is 1. The molecule has 5 rings (SSSR count). The summed E-state index contributed by atoms with van der Waals surface area (Å²) < 4.78 is 2.02. The summed E-state index contributed by atoms with van der Waals surface area (Å²) in [6.07, 6.45) is 5.28. The van der Waals surface area contributed by atoms with E-state index in [2.05, 4.69) is 44.3 Å². The van der Waals surface area contributed by atoms with E-state index < -0.39 is 0 Å². The number of benzene rings is 2. The van der Waals surface area contributed by atoms with E-state index in [1.807, 2.05) is 41.8 Å². The molecule has 1 N–H and O–H groups in total. The molecule has 2 bridgehead atoms. The van der Waals surface area contributed by atoms with Crippen molar-refractivity contribution in [1.29, 1.82) is 0 Å². The average Bonchev–Trinajstić information content (AvgIpc) is 3.28. The zero-order valence-electron chi connectivity index (χ0n) is 19.9. The zero-order valence-corrected chi connectivity index (χ0v) is 20.7. The number of carbonyl (C=O) groups is 1. The molecule has 0 aliphatic heterocycles. The van der Waals surface area contributed by atoms with Gasteiger partial charge in [0.2, 0.25) is 5.43 Å². The van der Waals surface area contributed by atoms with Crippen LogP contribution in [0.25, 0.3) is 10.9 Å². The van der Waals surface area contributed by atoms with Crippen LogP contribution in [-0.4, -0.2) is 16.5 Å². The Morgan fingerprint density at radius 2 is 1.88 bits per heavy atom. The molecular weight excluding hydrogens is 428 g/mol. The minimum absolute atomic E-state index is 0.0485. The molecule has 5 heteroatoms. The number of aromatic nitrogens is 1. The van der Waals surface area contributed by atoms with Crippen molar-refractivity contribution in [2.45, 2.75) is 69.3 Å². The van der Waals surface area contributed by atoms with Gasteiger partial charge in [-0.05, 0) is 73.3 Å². The van der Waals surface area contributed by atoms with E-state index in [1.54, 1.807) is 18.0 Å². The number of nitrogens with one attached hydrogen (secondary N) is 1. The van der Waals surface area contributed by atoms with Crippen molar-refractivity contribution in [1.82, 2.24) is 9.88 Å². The second kappa shape index (κ2) is 8.05. The number of hydrogen-bond acceptors (Lipinski definition) is 3. The number of aryl methyl sites for hydroxylation is 1. The van der Waals surface area contributed by atoms with Crippen molar-refractivity contribution < 1.29 is 4.79 Å². The first kappa shape index (κ1) is 22.3. The van der Waals surface area contributed by atoms with Crippen molar-refractivity contribution in [3.63, 3.8) is 0 Å². The normalized spacial score (nSPS) is 25.5. The highest BCUT2D eigenvalue weighted by Gasteiger charge is 2.59. The second-order valence-electron chi connectivity index (χ2n) is 10.6. The molecule has 2 saturated carbocycles. The lowest BCUT2D eigenvalue weighted by molar-refractivity contribution is 0.0736. The smallest absolute Gasteiger partial charge is 0.257 e. The minimum Gasteiger partial charge on any atom is -0.348 e. The molecule has 0 spiro atoms. The van der Waals surface area contributed by atoms with Crippen LogP contribution in [0.4, 0.5) is 0 Å². The summed E-state index contributed by atoms with van der Waals surface area (Å²) >= 11 is 1.67. The minimum atomic E-state index is -0.237. The summed E-state index contributed by atoms with van der Waals surface area (Å²) in [5, 5.41) is 3.90. The molecule has 1 unspecified atom stereocenters. The summed E-state index contributed by atoms with van der Waals surface area (Å²) in [5.41, 5.74) is 1.10. The highest BCUT2D eigenvalue weighted by atomic mass is 32.2. The van der Waals surface area contributed by atoms with Crippen LogP contribution >= 0.6 is 11.8 Å². The van der Waals surface area contributed by atoms with E-state index in [0.717, 1.165) is 28.1 Å². The average molecular weight is 461 g/mol. The van der Waals surface area contributed by atoms with Crippen molar-refractivity contribution in [3.8, 4) is 0 Å². The van der Waals surface area contributed by atoms with E-state index in [9.17, 15) is 9.59 Å². The van der Waals surface area contributed by atoms with Gasteiger partial charge in [-0.25, -0.2) is 0 Å². The SMILES string of the molecule is CCn1cc(C(=O)N[C@@H]2C(C)(C)C3CC[C@]2(C)C3)c(=O)c2ccc(Sc3ccccc3)cc21. The van der Waals surface area contributed by atoms with E-state index >= 15 is 0 Å². The fourth-order valence-electron chi connectivity index (χ4n) is 6.35. The quantitative estimate of drug-likeness (QED) is 0.499. The first-order valence-corrected chi connectivity index (χ1v) is 12.8. The maximum Gasteiger partial charge on any atom is 0.257 e. The van der Waals surface area contributed by atoms with E-state index in [1.165, 1.54) is 6.42 Å². The molecular formula is C28H32N2O2S. The van der Waals surface area contributed by atoms with Crippen LogP contribution in [0, 0.1) is 16.7 Å². The van der Waals surface area contributed by atoms with Gasteiger partial charge in [0.1, 0.15) is 5.56 Å². The molecule has 0 saturated heterocycles. The molecule has 1 aromatic heterocycles. The molecule has 33 heavy (non-hydrogen) atoms. The number of fused-ring (bicyclic) bond motifs is 3. The molecule has 3 atom stereocenters. The van der Waals surface area contributed by atoms with Gasteiger partial charge in [0.25, 0.3) is 5.91 Å². The monoisotopic (exact) mass is 460 g/mol. The highest BCUT2D eigenvalue weighted by molar-refractivity contribution is 7.99. The van der Waals surface area contributed by atoms with Crippen molar-refractivity contribution in [2.75, 3.05) is 0 Å². The molecule has 172 valence electrons. The van der Waals surface area contributed by atoms with E-state index in [0.29, 0.717) is 17.8 Å². The molecule has 3 aromatic rings. The number of nitrogens with zero attached hydrogens (tertiary/aromatic N) is 1. The van der Waals surface area contributed by atoms with Crippen LogP contribution in [0.1, 0.15) is 57.3 Å². The Morgan fingerprint density at radius 3 is 2.55 bits per heavy atom. The molecule has 2 fully saturated rings. The van der Waals surface area contributed by atoms with Gasteiger partial charge in [-0.15, -0.1) is 0 Å². The molecule has 2 aromatic carbocycles. The predicted octanol–water partition coefficient (Wildman–Crippen LogP) is 6.12. The number of carbonyl (C=O) groups excluding carboxylic acids is 1.